The molecule has 1 aliphatic rings. The molecule has 1 nitrogen and oxygen atoms in total. The molecule has 2 atom stereocenters. The van der Waals surface area contributed by atoms with E-state index in [-0.39, 0.29) is 5.82 Å². The molecule has 1 radical (unpaired) electrons. The van der Waals surface area contributed by atoms with Crippen molar-refractivity contribution in [3.05, 3.63) is 42.1 Å². The molecule has 2 rings (SSSR count). The van der Waals surface area contributed by atoms with Crippen LogP contribution in [0.1, 0.15) is 24.8 Å². The van der Waals surface area contributed by atoms with Gasteiger partial charge in [-0.2, -0.15) is 0 Å². The second-order valence-electron chi connectivity index (χ2n) is 4.47. The van der Waals surface area contributed by atoms with E-state index in [1.54, 1.807) is 19.2 Å². The number of ether oxygens (including phenoxy) is 1. The van der Waals surface area contributed by atoms with Crippen molar-refractivity contribution in [2.45, 2.75) is 31.8 Å². The Labute approximate surface area is 96.6 Å². The molecular formula is C14H18FO. The Bertz CT molecular complexity index is 337. The van der Waals surface area contributed by atoms with Gasteiger partial charge in [0.05, 0.1) is 6.10 Å². The van der Waals surface area contributed by atoms with Crippen LogP contribution >= 0.6 is 0 Å². The Kier molecular flexibility index (Phi) is 3.94. The van der Waals surface area contributed by atoms with E-state index in [0.29, 0.717) is 12.0 Å². The fourth-order valence-corrected chi connectivity index (χ4v) is 2.49. The molecule has 0 saturated heterocycles. The SMILES string of the molecule is COC1CC[CH]CC1Cc1cccc(F)c1. The van der Waals surface area contributed by atoms with E-state index in [9.17, 15) is 4.39 Å². The summed E-state index contributed by atoms with van der Waals surface area (Å²) in [6, 6.07) is 6.88. The molecule has 0 spiro atoms. The third kappa shape index (κ3) is 2.82. The van der Waals surface area contributed by atoms with E-state index in [4.69, 9.17) is 4.74 Å². The normalized spacial score (nSPS) is 25.6. The Morgan fingerprint density at radius 3 is 3.06 bits per heavy atom. The van der Waals surface area contributed by atoms with Crippen molar-refractivity contribution < 1.29 is 9.13 Å². The smallest absolute Gasteiger partial charge is 0.123 e. The number of hydrogen-bond donors (Lipinski definition) is 0. The average molecular weight is 221 g/mol. The molecule has 0 N–H and O–H groups in total. The molecule has 0 aromatic heterocycles. The molecule has 1 saturated carbocycles. The van der Waals surface area contributed by atoms with Crippen LogP contribution in [0.2, 0.25) is 0 Å². The Balaban J connectivity index is 2.02. The van der Waals surface area contributed by atoms with Gasteiger partial charge in [-0.25, -0.2) is 4.39 Å². The maximum absolute atomic E-state index is 13.1. The van der Waals surface area contributed by atoms with Gasteiger partial charge in [-0.3, -0.25) is 0 Å². The van der Waals surface area contributed by atoms with Gasteiger partial charge in [0, 0.05) is 7.11 Å². The van der Waals surface area contributed by atoms with Crippen LogP contribution in [0.15, 0.2) is 24.3 Å². The molecular weight excluding hydrogens is 203 g/mol. The lowest BCUT2D eigenvalue weighted by Crippen LogP contribution is -2.28. The second kappa shape index (κ2) is 5.44. The predicted octanol–water partition coefficient (Wildman–Crippen LogP) is 3.39. The molecule has 2 heteroatoms. The number of hydrogen-bond acceptors (Lipinski definition) is 1. The van der Waals surface area contributed by atoms with Gasteiger partial charge in [0.15, 0.2) is 0 Å². The fraction of sp³-hybridized carbons (Fsp3) is 0.500. The first-order valence-electron chi connectivity index (χ1n) is 5.88. The van der Waals surface area contributed by atoms with Gasteiger partial charge < -0.3 is 4.74 Å². The van der Waals surface area contributed by atoms with Crippen molar-refractivity contribution in [2.75, 3.05) is 7.11 Å². The summed E-state index contributed by atoms with van der Waals surface area (Å²) in [4.78, 5) is 0. The first-order chi connectivity index (χ1) is 7.79. The van der Waals surface area contributed by atoms with E-state index in [1.807, 2.05) is 6.07 Å². The highest BCUT2D eigenvalue weighted by molar-refractivity contribution is 5.17. The van der Waals surface area contributed by atoms with Gasteiger partial charge in [-0.1, -0.05) is 12.1 Å². The summed E-state index contributed by atoms with van der Waals surface area (Å²) in [5.74, 6) is 0.354. The zero-order valence-electron chi connectivity index (χ0n) is 9.66. The van der Waals surface area contributed by atoms with E-state index >= 15 is 0 Å². The minimum absolute atomic E-state index is 0.147. The molecule has 2 unspecified atom stereocenters. The molecule has 1 aliphatic carbocycles. The largest absolute Gasteiger partial charge is 0.381 e. The number of rotatable bonds is 3. The van der Waals surface area contributed by atoms with Gasteiger partial charge in [0.2, 0.25) is 0 Å². The van der Waals surface area contributed by atoms with Crippen LogP contribution in [0, 0.1) is 18.2 Å². The number of methoxy groups -OCH3 is 1. The monoisotopic (exact) mass is 221 g/mol. The first kappa shape index (κ1) is 11.6. The standard InChI is InChI=1S/C14H18FO/c1-16-14-8-3-2-6-12(14)9-11-5-4-7-13(15)10-11/h2,4-5,7,10,12,14H,3,6,8-9H2,1H3. The average Bonchev–Trinajstić information content (AvgIpc) is 2.30. The van der Waals surface area contributed by atoms with Gasteiger partial charge in [-0.05, 0) is 55.7 Å². The van der Waals surface area contributed by atoms with Crippen molar-refractivity contribution in [1.29, 1.82) is 0 Å². The topological polar surface area (TPSA) is 9.23 Å². The molecule has 1 aromatic rings. The van der Waals surface area contributed by atoms with Gasteiger partial charge in [-0.15, -0.1) is 0 Å². The highest BCUT2D eigenvalue weighted by Crippen LogP contribution is 2.28. The minimum Gasteiger partial charge on any atom is -0.381 e. The summed E-state index contributed by atoms with van der Waals surface area (Å²) in [7, 11) is 1.77. The van der Waals surface area contributed by atoms with Crippen molar-refractivity contribution in [3.8, 4) is 0 Å². The Hall–Kier alpha value is -0.890. The van der Waals surface area contributed by atoms with E-state index < -0.39 is 0 Å². The third-order valence-corrected chi connectivity index (χ3v) is 3.34. The van der Waals surface area contributed by atoms with Crippen molar-refractivity contribution in [3.63, 3.8) is 0 Å². The van der Waals surface area contributed by atoms with Gasteiger partial charge in [0.25, 0.3) is 0 Å². The van der Waals surface area contributed by atoms with E-state index in [1.165, 1.54) is 6.07 Å². The van der Waals surface area contributed by atoms with Crippen LogP contribution in [0.3, 0.4) is 0 Å². The summed E-state index contributed by atoms with van der Waals surface area (Å²) in [6.45, 7) is 0. The summed E-state index contributed by atoms with van der Waals surface area (Å²) in [5, 5.41) is 0. The molecule has 0 amide bonds. The Morgan fingerprint density at radius 1 is 1.44 bits per heavy atom. The van der Waals surface area contributed by atoms with Crippen LogP contribution in [0.5, 0.6) is 0 Å². The summed E-state index contributed by atoms with van der Waals surface area (Å²) in [5.41, 5.74) is 1.07. The maximum atomic E-state index is 13.1. The zero-order chi connectivity index (χ0) is 11.4. The lowest BCUT2D eigenvalue weighted by atomic mass is 9.82. The molecule has 0 heterocycles. The quantitative estimate of drug-likeness (QED) is 0.760. The fourth-order valence-electron chi connectivity index (χ4n) is 2.49. The Morgan fingerprint density at radius 2 is 2.31 bits per heavy atom. The number of benzene rings is 1. The van der Waals surface area contributed by atoms with E-state index in [2.05, 4.69) is 6.42 Å². The van der Waals surface area contributed by atoms with E-state index in [0.717, 1.165) is 31.2 Å². The highest BCUT2D eigenvalue weighted by atomic mass is 19.1. The number of halogens is 1. The minimum atomic E-state index is -0.147. The van der Waals surface area contributed by atoms with Crippen molar-refractivity contribution >= 4 is 0 Å². The summed E-state index contributed by atoms with van der Waals surface area (Å²) < 4.78 is 18.6. The molecule has 87 valence electrons. The van der Waals surface area contributed by atoms with Crippen LogP contribution in [0.4, 0.5) is 4.39 Å². The molecule has 0 aliphatic heterocycles. The summed E-state index contributed by atoms with van der Waals surface area (Å²) >= 11 is 0. The van der Waals surface area contributed by atoms with Crippen molar-refractivity contribution in [1.82, 2.24) is 0 Å². The van der Waals surface area contributed by atoms with Crippen LogP contribution in [0.25, 0.3) is 0 Å². The lowest BCUT2D eigenvalue weighted by molar-refractivity contribution is 0.0340. The molecule has 1 aromatic carbocycles. The predicted molar refractivity (Wildman–Crippen MR) is 62.5 cm³/mol. The summed E-state index contributed by atoms with van der Waals surface area (Å²) in [6.07, 6.45) is 6.86. The van der Waals surface area contributed by atoms with Crippen LogP contribution < -0.4 is 0 Å². The lowest BCUT2D eigenvalue weighted by Gasteiger charge is -2.30. The van der Waals surface area contributed by atoms with Gasteiger partial charge in [0.1, 0.15) is 5.82 Å². The van der Waals surface area contributed by atoms with Crippen LogP contribution in [-0.4, -0.2) is 13.2 Å². The third-order valence-electron chi connectivity index (χ3n) is 3.34. The zero-order valence-corrected chi connectivity index (χ0v) is 9.66. The second-order valence-corrected chi connectivity index (χ2v) is 4.47. The molecule has 1 fully saturated rings. The molecule has 0 bridgehead atoms. The molecule has 16 heavy (non-hydrogen) atoms. The van der Waals surface area contributed by atoms with Crippen molar-refractivity contribution in [2.24, 2.45) is 5.92 Å². The first-order valence-corrected chi connectivity index (χ1v) is 5.88. The maximum Gasteiger partial charge on any atom is 0.123 e. The van der Waals surface area contributed by atoms with Crippen LogP contribution in [-0.2, 0) is 11.2 Å². The highest BCUT2D eigenvalue weighted by Gasteiger charge is 2.25. The van der Waals surface area contributed by atoms with Gasteiger partial charge >= 0.3 is 0 Å².